The highest BCUT2D eigenvalue weighted by Gasteiger charge is 2.40. The third-order valence-electron chi connectivity index (χ3n) is 3.90. The lowest BCUT2D eigenvalue weighted by Crippen LogP contribution is -2.29. The van der Waals surface area contributed by atoms with Crippen LogP contribution in [0.1, 0.15) is 48.0 Å². The highest BCUT2D eigenvalue weighted by Crippen LogP contribution is 2.42. The van der Waals surface area contributed by atoms with E-state index in [-0.39, 0.29) is 10.8 Å². The molecule has 0 aromatic heterocycles. The van der Waals surface area contributed by atoms with Gasteiger partial charge >= 0.3 is 0 Å². The first-order chi connectivity index (χ1) is 8.75. The van der Waals surface area contributed by atoms with Crippen LogP contribution in [-0.2, 0) is 0 Å². The Morgan fingerprint density at radius 1 is 1.00 bits per heavy atom. The second-order valence-electron chi connectivity index (χ2n) is 7.06. The van der Waals surface area contributed by atoms with E-state index in [1.165, 1.54) is 10.1 Å². The van der Waals surface area contributed by atoms with E-state index in [4.69, 9.17) is 9.98 Å². The Balaban J connectivity index is 2.17. The van der Waals surface area contributed by atoms with Crippen molar-refractivity contribution < 1.29 is 0 Å². The summed E-state index contributed by atoms with van der Waals surface area (Å²) in [5, 5.41) is 2.58. The van der Waals surface area contributed by atoms with Gasteiger partial charge in [-0.25, -0.2) is 0 Å². The molecular formula is C15H26N2S2. The monoisotopic (exact) mass is 298 g/mol. The molecule has 0 aromatic carbocycles. The maximum Gasteiger partial charge on any atom is 0.0802 e. The lowest BCUT2D eigenvalue weighted by atomic mass is 9.88. The zero-order valence-electron chi connectivity index (χ0n) is 13.0. The Morgan fingerprint density at radius 2 is 1.58 bits per heavy atom. The SMILES string of the molecule is CC[C@H]1CSC(C(C)(C)C2=N[C@@H](C(C)(C)C)CS2)=N1. The maximum absolute atomic E-state index is 5.01. The molecule has 2 atom stereocenters. The molecule has 2 heterocycles. The van der Waals surface area contributed by atoms with Gasteiger partial charge in [0.05, 0.1) is 27.6 Å². The Bertz CT molecular complexity index is 405. The first-order valence-electron chi connectivity index (χ1n) is 7.17. The van der Waals surface area contributed by atoms with E-state index in [9.17, 15) is 0 Å². The predicted octanol–water partition coefficient (Wildman–Crippen LogP) is 4.50. The van der Waals surface area contributed by atoms with Crippen molar-refractivity contribution in [1.82, 2.24) is 0 Å². The van der Waals surface area contributed by atoms with Crippen LogP contribution in [0.15, 0.2) is 9.98 Å². The van der Waals surface area contributed by atoms with E-state index >= 15 is 0 Å². The van der Waals surface area contributed by atoms with E-state index in [1.54, 1.807) is 0 Å². The third-order valence-corrected chi connectivity index (χ3v) is 6.72. The van der Waals surface area contributed by atoms with Crippen molar-refractivity contribution >= 4 is 33.6 Å². The Hall–Kier alpha value is 0.0400. The van der Waals surface area contributed by atoms with Gasteiger partial charge in [-0.1, -0.05) is 27.7 Å². The maximum atomic E-state index is 5.01. The predicted molar refractivity (Wildman–Crippen MR) is 90.9 cm³/mol. The van der Waals surface area contributed by atoms with E-state index in [2.05, 4.69) is 41.5 Å². The fourth-order valence-electron chi connectivity index (χ4n) is 2.22. The molecule has 0 fully saturated rings. The van der Waals surface area contributed by atoms with Crippen LogP contribution < -0.4 is 0 Å². The van der Waals surface area contributed by atoms with Crippen molar-refractivity contribution in [3.05, 3.63) is 0 Å². The number of thioether (sulfide) groups is 2. The molecule has 2 aliphatic rings. The standard InChI is InChI=1S/C15H26N2S2/c1-7-10-8-18-12(16-10)15(5,6)13-17-11(9-19-13)14(2,3)4/h10-11H,7-9H2,1-6H3/t10-,11+/m0/s1. The molecule has 0 radical (unpaired) electrons. The average molecular weight is 299 g/mol. The summed E-state index contributed by atoms with van der Waals surface area (Å²) in [6, 6.07) is 0.963. The van der Waals surface area contributed by atoms with Crippen molar-refractivity contribution in [3.63, 3.8) is 0 Å². The molecule has 2 aliphatic heterocycles. The molecule has 0 bridgehead atoms. The highest BCUT2D eigenvalue weighted by atomic mass is 32.2. The van der Waals surface area contributed by atoms with Crippen molar-refractivity contribution in [3.8, 4) is 0 Å². The van der Waals surface area contributed by atoms with Gasteiger partial charge in [-0.3, -0.25) is 9.98 Å². The Kier molecular flexibility index (Phi) is 4.41. The number of hydrogen-bond acceptors (Lipinski definition) is 4. The number of hydrogen-bond donors (Lipinski definition) is 0. The van der Waals surface area contributed by atoms with Crippen LogP contribution in [0.2, 0.25) is 0 Å². The zero-order valence-corrected chi connectivity index (χ0v) is 14.6. The minimum Gasteiger partial charge on any atom is -0.278 e. The average Bonchev–Trinajstić information content (AvgIpc) is 2.98. The Labute approximate surface area is 126 Å². The first kappa shape index (κ1) is 15.4. The molecule has 19 heavy (non-hydrogen) atoms. The highest BCUT2D eigenvalue weighted by molar-refractivity contribution is 8.16. The molecule has 0 unspecified atom stereocenters. The topological polar surface area (TPSA) is 24.7 Å². The zero-order chi connectivity index (χ0) is 14.3. The minimum absolute atomic E-state index is 0.0131. The number of nitrogens with zero attached hydrogens (tertiary/aromatic N) is 2. The summed E-state index contributed by atoms with van der Waals surface area (Å²) in [6.07, 6.45) is 1.15. The molecule has 2 rings (SSSR count). The number of rotatable bonds is 3. The van der Waals surface area contributed by atoms with Crippen LogP contribution in [0.5, 0.6) is 0 Å². The lowest BCUT2D eigenvalue weighted by molar-refractivity contribution is 0.348. The van der Waals surface area contributed by atoms with Crippen LogP contribution in [-0.4, -0.2) is 33.7 Å². The third kappa shape index (κ3) is 3.21. The normalized spacial score (nSPS) is 28.5. The van der Waals surface area contributed by atoms with Gasteiger partial charge in [-0.05, 0) is 25.7 Å². The lowest BCUT2D eigenvalue weighted by Gasteiger charge is -2.25. The van der Waals surface area contributed by atoms with Crippen molar-refractivity contribution in [2.45, 2.75) is 60.0 Å². The summed E-state index contributed by atoms with van der Waals surface area (Å²) >= 11 is 3.87. The van der Waals surface area contributed by atoms with Crippen LogP contribution in [0.4, 0.5) is 0 Å². The molecular weight excluding hydrogens is 272 g/mol. The van der Waals surface area contributed by atoms with E-state index in [1.807, 2.05) is 23.5 Å². The molecule has 0 aliphatic carbocycles. The van der Waals surface area contributed by atoms with Crippen LogP contribution in [0.3, 0.4) is 0 Å². The summed E-state index contributed by atoms with van der Waals surface area (Å²) in [5.74, 6) is 2.27. The second-order valence-corrected chi connectivity index (χ2v) is 9.08. The fraction of sp³-hybridized carbons (Fsp3) is 0.867. The van der Waals surface area contributed by atoms with Gasteiger partial charge in [0.25, 0.3) is 0 Å². The van der Waals surface area contributed by atoms with Gasteiger partial charge in [-0.15, -0.1) is 23.5 Å². The second kappa shape index (κ2) is 5.44. The first-order valence-corrected chi connectivity index (χ1v) is 9.14. The van der Waals surface area contributed by atoms with Gasteiger partial charge < -0.3 is 0 Å². The van der Waals surface area contributed by atoms with E-state index < -0.39 is 0 Å². The quantitative estimate of drug-likeness (QED) is 0.766. The van der Waals surface area contributed by atoms with Crippen molar-refractivity contribution in [1.29, 1.82) is 0 Å². The molecule has 2 nitrogen and oxygen atoms in total. The van der Waals surface area contributed by atoms with Crippen LogP contribution >= 0.6 is 23.5 Å². The molecule has 4 heteroatoms. The summed E-state index contributed by atoms with van der Waals surface area (Å²) < 4.78 is 0. The van der Waals surface area contributed by atoms with Gasteiger partial charge in [0.15, 0.2) is 0 Å². The summed E-state index contributed by atoms with van der Waals surface area (Å²) in [4.78, 5) is 9.91. The van der Waals surface area contributed by atoms with Gasteiger partial charge in [-0.2, -0.15) is 0 Å². The molecule has 0 saturated heterocycles. The Morgan fingerprint density at radius 3 is 2.05 bits per heavy atom. The van der Waals surface area contributed by atoms with Gasteiger partial charge in [0.1, 0.15) is 0 Å². The van der Waals surface area contributed by atoms with Gasteiger partial charge in [0, 0.05) is 11.5 Å². The molecule has 0 amide bonds. The molecule has 108 valence electrons. The van der Waals surface area contributed by atoms with Crippen LogP contribution in [0, 0.1) is 10.8 Å². The minimum atomic E-state index is 0.0131. The van der Waals surface area contributed by atoms with Crippen molar-refractivity contribution in [2.24, 2.45) is 20.8 Å². The summed E-state index contributed by atoms with van der Waals surface area (Å²) in [6.45, 7) is 13.6. The number of aliphatic imine (C=N–C) groups is 2. The largest absolute Gasteiger partial charge is 0.278 e. The molecule has 0 saturated carbocycles. The van der Waals surface area contributed by atoms with E-state index in [0.717, 1.165) is 17.9 Å². The fourth-order valence-corrected chi connectivity index (χ4v) is 5.17. The molecule has 0 spiro atoms. The van der Waals surface area contributed by atoms with Crippen LogP contribution in [0.25, 0.3) is 0 Å². The molecule has 0 aromatic rings. The van der Waals surface area contributed by atoms with Gasteiger partial charge in [0.2, 0.25) is 0 Å². The smallest absolute Gasteiger partial charge is 0.0802 e. The molecule has 0 N–H and O–H groups in total. The summed E-state index contributed by atoms with van der Waals surface area (Å²) in [7, 11) is 0. The van der Waals surface area contributed by atoms with Crippen molar-refractivity contribution in [2.75, 3.05) is 11.5 Å². The van der Waals surface area contributed by atoms with E-state index in [0.29, 0.717) is 12.1 Å². The summed E-state index contributed by atoms with van der Waals surface area (Å²) in [5.41, 5.74) is 0.278.